The highest BCUT2D eigenvalue weighted by molar-refractivity contribution is 5.79. The summed E-state index contributed by atoms with van der Waals surface area (Å²) < 4.78 is 0. The minimum Gasteiger partial charge on any atom is -0.396 e. The Kier molecular flexibility index (Phi) is 3.04. The first kappa shape index (κ1) is 10.2. The zero-order valence-electron chi connectivity index (χ0n) is 8.61. The van der Waals surface area contributed by atoms with E-state index in [1.807, 2.05) is 12.3 Å². The van der Waals surface area contributed by atoms with E-state index in [4.69, 9.17) is 10.8 Å². The van der Waals surface area contributed by atoms with Gasteiger partial charge in [0, 0.05) is 24.4 Å². The minimum absolute atomic E-state index is 0.0184. The van der Waals surface area contributed by atoms with E-state index in [-0.39, 0.29) is 12.6 Å². The second kappa shape index (κ2) is 4.47. The van der Waals surface area contributed by atoms with Crippen molar-refractivity contribution in [2.24, 2.45) is 5.73 Å². The van der Waals surface area contributed by atoms with Gasteiger partial charge in [-0.15, -0.1) is 0 Å². The predicted octanol–water partition coefficient (Wildman–Crippen LogP) is 1.94. The molecule has 0 unspecified atom stereocenters. The summed E-state index contributed by atoms with van der Waals surface area (Å²) in [6.07, 6.45) is 3.50. The quantitative estimate of drug-likeness (QED) is 0.712. The highest BCUT2D eigenvalue weighted by atomic mass is 16.2. The molecule has 0 saturated heterocycles. The number of aliphatic hydroxyl groups excluding tert-OH is 1. The molecule has 0 radical (unpaired) electrons. The molecule has 4 N–H and O–H groups in total. The summed E-state index contributed by atoms with van der Waals surface area (Å²) in [7, 11) is 0. The lowest BCUT2D eigenvalue weighted by Gasteiger charge is -2.11. The van der Waals surface area contributed by atoms with Gasteiger partial charge in [-0.25, -0.2) is 0 Å². The average molecular weight is 204 g/mol. The third-order valence-electron chi connectivity index (χ3n) is 2.68. The normalized spacial score (nSPS) is 13.2. The van der Waals surface area contributed by atoms with Gasteiger partial charge in [-0.2, -0.15) is 0 Å². The van der Waals surface area contributed by atoms with Crippen LogP contribution >= 0.6 is 0 Å². The molecular weight excluding hydrogens is 188 g/mol. The Bertz CT molecular complexity index is 436. The number of rotatable bonds is 4. The third kappa shape index (κ3) is 2.19. The number of benzene rings is 1. The number of aromatic nitrogens is 1. The van der Waals surface area contributed by atoms with Crippen molar-refractivity contribution in [2.75, 3.05) is 6.61 Å². The van der Waals surface area contributed by atoms with Crippen LogP contribution in [-0.4, -0.2) is 16.7 Å². The number of nitrogens with one attached hydrogen (secondary N) is 1. The Labute approximate surface area is 88.9 Å². The molecule has 1 atom stereocenters. The van der Waals surface area contributed by atoms with Crippen LogP contribution in [0.25, 0.3) is 10.9 Å². The number of hydrogen-bond donors (Lipinski definition) is 3. The predicted molar refractivity (Wildman–Crippen MR) is 61.5 cm³/mol. The van der Waals surface area contributed by atoms with Crippen LogP contribution in [0.3, 0.4) is 0 Å². The number of aliphatic hydroxyl groups is 1. The Hall–Kier alpha value is -1.32. The number of hydrogen-bond acceptors (Lipinski definition) is 2. The standard InChI is InChI=1S/C12H16N2O/c13-11(2-1-7-15)10-4-3-9-5-6-14-12(9)8-10/h3-6,8,11,14-15H,1-2,7,13H2/t11-/m1/s1. The zero-order chi connectivity index (χ0) is 10.7. The van der Waals surface area contributed by atoms with Crippen molar-refractivity contribution in [3.05, 3.63) is 36.0 Å². The first-order chi connectivity index (χ1) is 7.31. The molecule has 3 heteroatoms. The lowest BCUT2D eigenvalue weighted by Crippen LogP contribution is -2.10. The van der Waals surface area contributed by atoms with Crippen molar-refractivity contribution in [3.8, 4) is 0 Å². The lowest BCUT2D eigenvalue weighted by atomic mass is 10.0. The van der Waals surface area contributed by atoms with Gasteiger partial charge in [-0.1, -0.05) is 12.1 Å². The van der Waals surface area contributed by atoms with Gasteiger partial charge in [0.15, 0.2) is 0 Å². The number of fused-ring (bicyclic) bond motifs is 1. The number of aromatic amines is 1. The SMILES string of the molecule is N[C@H](CCCO)c1ccc2cc[nH]c2c1. The topological polar surface area (TPSA) is 62.0 Å². The molecule has 1 aromatic carbocycles. The summed E-state index contributed by atoms with van der Waals surface area (Å²) >= 11 is 0. The van der Waals surface area contributed by atoms with E-state index in [1.54, 1.807) is 0 Å². The van der Waals surface area contributed by atoms with Gasteiger partial charge >= 0.3 is 0 Å². The average Bonchev–Trinajstić information content (AvgIpc) is 2.72. The number of H-pyrrole nitrogens is 1. The Balaban J connectivity index is 2.19. The van der Waals surface area contributed by atoms with Crippen molar-refractivity contribution in [3.63, 3.8) is 0 Å². The van der Waals surface area contributed by atoms with Gasteiger partial charge in [0.2, 0.25) is 0 Å². The molecule has 80 valence electrons. The third-order valence-corrected chi connectivity index (χ3v) is 2.68. The second-order valence-electron chi connectivity index (χ2n) is 3.80. The molecule has 0 spiro atoms. The van der Waals surface area contributed by atoms with Crippen LogP contribution in [-0.2, 0) is 0 Å². The molecule has 3 nitrogen and oxygen atoms in total. The van der Waals surface area contributed by atoms with Crippen molar-refractivity contribution in [1.82, 2.24) is 4.98 Å². The summed E-state index contributed by atoms with van der Waals surface area (Å²) in [6, 6.07) is 8.26. The fourth-order valence-corrected chi connectivity index (χ4v) is 1.77. The van der Waals surface area contributed by atoms with Crippen LogP contribution in [0.4, 0.5) is 0 Å². The highest BCUT2D eigenvalue weighted by Gasteiger charge is 2.06. The van der Waals surface area contributed by atoms with Crippen LogP contribution in [0.5, 0.6) is 0 Å². The van der Waals surface area contributed by atoms with Crippen molar-refractivity contribution in [1.29, 1.82) is 0 Å². The molecule has 1 heterocycles. The monoisotopic (exact) mass is 204 g/mol. The van der Waals surface area contributed by atoms with Crippen LogP contribution in [0.15, 0.2) is 30.5 Å². The molecule has 1 aromatic heterocycles. The molecule has 0 fully saturated rings. The molecule has 15 heavy (non-hydrogen) atoms. The van der Waals surface area contributed by atoms with Crippen LogP contribution in [0.2, 0.25) is 0 Å². The highest BCUT2D eigenvalue weighted by Crippen LogP contribution is 2.20. The van der Waals surface area contributed by atoms with E-state index in [2.05, 4.69) is 23.2 Å². The maximum absolute atomic E-state index is 8.74. The summed E-state index contributed by atoms with van der Waals surface area (Å²) in [5, 5.41) is 9.94. The maximum Gasteiger partial charge on any atom is 0.0457 e. The molecular formula is C12H16N2O. The van der Waals surface area contributed by atoms with Gasteiger partial charge in [0.25, 0.3) is 0 Å². The van der Waals surface area contributed by atoms with Gasteiger partial charge < -0.3 is 15.8 Å². The Morgan fingerprint density at radius 2 is 2.20 bits per heavy atom. The molecule has 0 bridgehead atoms. The fourth-order valence-electron chi connectivity index (χ4n) is 1.77. The van der Waals surface area contributed by atoms with E-state index >= 15 is 0 Å². The number of nitrogens with two attached hydrogens (primary N) is 1. The summed E-state index contributed by atoms with van der Waals surface area (Å²) in [5.74, 6) is 0. The summed E-state index contributed by atoms with van der Waals surface area (Å²) in [4.78, 5) is 3.17. The Morgan fingerprint density at radius 3 is 3.00 bits per heavy atom. The largest absolute Gasteiger partial charge is 0.396 e. The minimum atomic E-state index is 0.0184. The van der Waals surface area contributed by atoms with Crippen LogP contribution in [0, 0.1) is 0 Å². The first-order valence-corrected chi connectivity index (χ1v) is 5.25. The van der Waals surface area contributed by atoms with E-state index in [0.717, 1.165) is 23.9 Å². The van der Waals surface area contributed by atoms with E-state index in [0.29, 0.717) is 0 Å². The van der Waals surface area contributed by atoms with E-state index in [9.17, 15) is 0 Å². The molecule has 0 aliphatic carbocycles. The molecule has 0 aliphatic heterocycles. The Morgan fingerprint density at radius 1 is 1.33 bits per heavy atom. The summed E-state index contributed by atoms with van der Waals surface area (Å²) in [6.45, 7) is 0.207. The first-order valence-electron chi connectivity index (χ1n) is 5.25. The van der Waals surface area contributed by atoms with E-state index in [1.165, 1.54) is 5.39 Å². The van der Waals surface area contributed by atoms with Gasteiger partial charge in [-0.05, 0) is 35.9 Å². The fraction of sp³-hybridized carbons (Fsp3) is 0.333. The molecule has 0 amide bonds. The van der Waals surface area contributed by atoms with Crippen molar-refractivity contribution >= 4 is 10.9 Å². The molecule has 2 aromatic rings. The molecule has 0 aliphatic rings. The summed E-state index contributed by atoms with van der Waals surface area (Å²) in [5.41, 5.74) is 8.26. The smallest absolute Gasteiger partial charge is 0.0457 e. The van der Waals surface area contributed by atoms with E-state index < -0.39 is 0 Å². The van der Waals surface area contributed by atoms with Gasteiger partial charge in [0.05, 0.1) is 0 Å². The van der Waals surface area contributed by atoms with Crippen LogP contribution in [0.1, 0.15) is 24.4 Å². The zero-order valence-corrected chi connectivity index (χ0v) is 8.61. The molecule has 2 rings (SSSR count). The van der Waals surface area contributed by atoms with Gasteiger partial charge in [-0.3, -0.25) is 0 Å². The van der Waals surface area contributed by atoms with Crippen molar-refractivity contribution in [2.45, 2.75) is 18.9 Å². The second-order valence-corrected chi connectivity index (χ2v) is 3.80. The maximum atomic E-state index is 8.74. The van der Waals surface area contributed by atoms with Crippen molar-refractivity contribution < 1.29 is 5.11 Å². The lowest BCUT2D eigenvalue weighted by molar-refractivity contribution is 0.280. The molecule has 0 saturated carbocycles. The van der Waals surface area contributed by atoms with Gasteiger partial charge in [0.1, 0.15) is 0 Å². The van der Waals surface area contributed by atoms with Crippen LogP contribution < -0.4 is 5.73 Å².